The van der Waals surface area contributed by atoms with Gasteiger partial charge < -0.3 is 15.3 Å². The maximum Gasteiger partial charge on any atom is 0.243 e. The van der Waals surface area contributed by atoms with Crippen LogP contribution in [0, 0.1) is 6.92 Å². The molecule has 116 valence electrons. The number of hydrogen-bond donors (Lipinski definition) is 2. The second-order valence-electron chi connectivity index (χ2n) is 5.21. The molecule has 2 N–H and O–H groups in total. The summed E-state index contributed by atoms with van der Waals surface area (Å²) in [6.07, 6.45) is 0. The summed E-state index contributed by atoms with van der Waals surface area (Å²) in [6, 6.07) is 15.4. The molecule has 2 aromatic carbocycles. The second-order valence-corrected chi connectivity index (χ2v) is 5.21. The predicted molar refractivity (Wildman–Crippen MR) is 90.1 cm³/mol. The molecule has 2 rings (SSSR count). The van der Waals surface area contributed by atoms with Crippen molar-refractivity contribution in [2.24, 2.45) is 0 Å². The molecule has 0 atom stereocenters. The summed E-state index contributed by atoms with van der Waals surface area (Å²) < 4.78 is 0. The molecule has 4 heteroatoms. The van der Waals surface area contributed by atoms with Crippen LogP contribution < -0.4 is 10.2 Å². The highest BCUT2D eigenvalue weighted by molar-refractivity contribution is 5.94. The number of carbonyl (C=O) groups is 1. The van der Waals surface area contributed by atoms with Crippen LogP contribution in [0.2, 0.25) is 0 Å². The number of aliphatic hydroxyl groups is 1. The molecule has 0 bridgehead atoms. The number of likely N-dealkylation sites (N-methyl/N-ethyl adjacent to an activating group) is 1. The van der Waals surface area contributed by atoms with Gasteiger partial charge in [-0.15, -0.1) is 0 Å². The Kier molecular flexibility index (Phi) is 5.55. The zero-order valence-electron chi connectivity index (χ0n) is 13.0. The van der Waals surface area contributed by atoms with E-state index in [0.29, 0.717) is 6.54 Å². The highest BCUT2D eigenvalue weighted by Gasteiger charge is 2.11. The van der Waals surface area contributed by atoms with Gasteiger partial charge >= 0.3 is 0 Å². The van der Waals surface area contributed by atoms with Crippen molar-refractivity contribution in [2.45, 2.75) is 20.5 Å². The molecule has 22 heavy (non-hydrogen) atoms. The molecule has 0 fully saturated rings. The summed E-state index contributed by atoms with van der Waals surface area (Å²) in [5, 5.41) is 12.1. The number of amides is 1. The topological polar surface area (TPSA) is 52.6 Å². The lowest BCUT2D eigenvalue weighted by molar-refractivity contribution is -0.115. The van der Waals surface area contributed by atoms with Crippen LogP contribution in [0.1, 0.15) is 18.1 Å². The van der Waals surface area contributed by atoms with Crippen LogP contribution in [-0.4, -0.2) is 24.1 Å². The maximum absolute atomic E-state index is 12.3. The van der Waals surface area contributed by atoms with Crippen molar-refractivity contribution < 1.29 is 9.90 Å². The van der Waals surface area contributed by atoms with E-state index in [1.165, 1.54) is 0 Å². The summed E-state index contributed by atoms with van der Waals surface area (Å²) in [5.74, 6) is -0.0658. The van der Waals surface area contributed by atoms with Gasteiger partial charge in [0.15, 0.2) is 0 Å². The smallest absolute Gasteiger partial charge is 0.243 e. The highest BCUT2D eigenvalue weighted by atomic mass is 16.3. The van der Waals surface area contributed by atoms with E-state index in [2.05, 4.69) is 5.32 Å². The monoisotopic (exact) mass is 298 g/mol. The van der Waals surface area contributed by atoms with Crippen LogP contribution in [0.4, 0.5) is 11.4 Å². The normalized spacial score (nSPS) is 10.3. The Balaban J connectivity index is 2.06. The third kappa shape index (κ3) is 4.09. The Hall–Kier alpha value is -2.33. The number of hydrogen-bond acceptors (Lipinski definition) is 3. The molecule has 1 amide bonds. The van der Waals surface area contributed by atoms with E-state index in [0.717, 1.165) is 29.0 Å². The van der Waals surface area contributed by atoms with Gasteiger partial charge in [-0.05, 0) is 43.2 Å². The molecule has 2 aromatic rings. The minimum atomic E-state index is -0.0658. The largest absolute Gasteiger partial charge is 0.392 e. The van der Waals surface area contributed by atoms with E-state index in [1.54, 1.807) is 0 Å². The van der Waals surface area contributed by atoms with Gasteiger partial charge in [0.1, 0.15) is 0 Å². The number of aryl methyl sites for hydroxylation is 1. The Bertz CT molecular complexity index is 626. The van der Waals surface area contributed by atoms with Crippen LogP contribution >= 0.6 is 0 Å². The van der Waals surface area contributed by atoms with Crippen molar-refractivity contribution in [3.05, 3.63) is 59.7 Å². The molecule has 0 saturated carbocycles. The number of benzene rings is 2. The number of carbonyl (C=O) groups excluding carboxylic acids is 1. The van der Waals surface area contributed by atoms with Crippen molar-refractivity contribution in [2.75, 3.05) is 23.3 Å². The number of nitrogens with zero attached hydrogens (tertiary/aromatic N) is 1. The minimum absolute atomic E-state index is 0.0335. The maximum atomic E-state index is 12.3. The van der Waals surface area contributed by atoms with Crippen LogP contribution in [0.5, 0.6) is 0 Å². The van der Waals surface area contributed by atoms with Gasteiger partial charge in [0.05, 0.1) is 13.2 Å². The fraction of sp³-hybridized carbons (Fsp3) is 0.278. The molecule has 0 aliphatic rings. The molecule has 0 unspecified atom stereocenters. The Labute approximate surface area is 131 Å². The summed E-state index contributed by atoms with van der Waals surface area (Å²) in [5.41, 5.74) is 3.55. The van der Waals surface area contributed by atoms with Crippen LogP contribution in [-0.2, 0) is 11.4 Å². The van der Waals surface area contributed by atoms with Gasteiger partial charge in [-0.2, -0.15) is 0 Å². The van der Waals surface area contributed by atoms with Crippen LogP contribution in [0.3, 0.4) is 0 Å². The van der Waals surface area contributed by atoms with Gasteiger partial charge in [-0.3, -0.25) is 4.79 Å². The Morgan fingerprint density at radius 3 is 2.55 bits per heavy atom. The molecule has 0 radical (unpaired) electrons. The number of aliphatic hydroxyl groups excluding tert-OH is 1. The van der Waals surface area contributed by atoms with Crippen molar-refractivity contribution in [3.63, 3.8) is 0 Å². The van der Waals surface area contributed by atoms with Crippen LogP contribution in [0.15, 0.2) is 48.5 Å². The van der Waals surface area contributed by atoms with Crippen LogP contribution in [0.25, 0.3) is 0 Å². The van der Waals surface area contributed by atoms with Crippen molar-refractivity contribution >= 4 is 17.3 Å². The predicted octanol–water partition coefficient (Wildman–Crippen LogP) is 2.95. The lowest BCUT2D eigenvalue weighted by Crippen LogP contribution is -2.33. The average molecular weight is 298 g/mol. The summed E-state index contributed by atoms with van der Waals surface area (Å²) in [4.78, 5) is 14.3. The lowest BCUT2D eigenvalue weighted by atomic mass is 10.1. The first-order chi connectivity index (χ1) is 10.6. The SMILES string of the molecule is CCN(CC(=O)Nc1cc(CO)ccc1C)c1ccccc1. The first kappa shape index (κ1) is 16.0. The number of nitrogens with one attached hydrogen (secondary N) is 1. The molecule has 0 aliphatic carbocycles. The van der Waals surface area contributed by atoms with E-state index in [-0.39, 0.29) is 12.5 Å². The first-order valence-electron chi connectivity index (χ1n) is 7.44. The van der Waals surface area contributed by atoms with E-state index in [9.17, 15) is 9.90 Å². The van der Waals surface area contributed by atoms with E-state index >= 15 is 0 Å². The van der Waals surface area contributed by atoms with Gasteiger partial charge in [0.2, 0.25) is 5.91 Å². The van der Waals surface area contributed by atoms with Gasteiger partial charge in [-0.25, -0.2) is 0 Å². The van der Waals surface area contributed by atoms with E-state index in [4.69, 9.17) is 0 Å². The summed E-state index contributed by atoms with van der Waals surface area (Å²) in [6.45, 7) is 4.98. The highest BCUT2D eigenvalue weighted by Crippen LogP contribution is 2.18. The zero-order chi connectivity index (χ0) is 15.9. The molecule has 4 nitrogen and oxygen atoms in total. The van der Waals surface area contributed by atoms with Crippen molar-refractivity contribution in [1.29, 1.82) is 0 Å². The number of para-hydroxylation sites is 1. The standard InChI is InChI=1S/C18H22N2O2/c1-3-20(16-7-5-4-6-8-16)12-18(22)19-17-11-15(13-21)10-9-14(17)2/h4-11,21H,3,12-13H2,1-2H3,(H,19,22). The fourth-order valence-corrected chi connectivity index (χ4v) is 2.29. The Morgan fingerprint density at radius 2 is 1.91 bits per heavy atom. The third-order valence-electron chi connectivity index (χ3n) is 3.60. The lowest BCUT2D eigenvalue weighted by Gasteiger charge is -2.22. The first-order valence-corrected chi connectivity index (χ1v) is 7.44. The molecule has 0 heterocycles. The van der Waals surface area contributed by atoms with Crippen molar-refractivity contribution in [3.8, 4) is 0 Å². The molecular formula is C18H22N2O2. The summed E-state index contributed by atoms with van der Waals surface area (Å²) >= 11 is 0. The third-order valence-corrected chi connectivity index (χ3v) is 3.60. The van der Waals surface area contributed by atoms with Gasteiger partial charge in [0.25, 0.3) is 0 Å². The molecule has 0 aliphatic heterocycles. The average Bonchev–Trinajstić information content (AvgIpc) is 2.55. The quantitative estimate of drug-likeness (QED) is 0.862. The second kappa shape index (κ2) is 7.61. The van der Waals surface area contributed by atoms with Gasteiger partial charge in [-0.1, -0.05) is 30.3 Å². The van der Waals surface area contributed by atoms with E-state index in [1.807, 2.05) is 67.3 Å². The zero-order valence-corrected chi connectivity index (χ0v) is 13.0. The number of anilines is 2. The van der Waals surface area contributed by atoms with E-state index < -0.39 is 0 Å². The molecular weight excluding hydrogens is 276 g/mol. The molecule has 0 saturated heterocycles. The van der Waals surface area contributed by atoms with Crippen molar-refractivity contribution in [1.82, 2.24) is 0 Å². The number of rotatable bonds is 6. The van der Waals surface area contributed by atoms with Gasteiger partial charge in [0, 0.05) is 17.9 Å². The summed E-state index contributed by atoms with van der Waals surface area (Å²) in [7, 11) is 0. The Morgan fingerprint density at radius 1 is 1.18 bits per heavy atom. The minimum Gasteiger partial charge on any atom is -0.392 e. The fourth-order valence-electron chi connectivity index (χ4n) is 2.29. The molecule has 0 aromatic heterocycles. The molecule has 0 spiro atoms.